The van der Waals surface area contributed by atoms with E-state index >= 15 is 0 Å². The van der Waals surface area contributed by atoms with Gasteiger partial charge in [0.2, 0.25) is 0 Å². The second kappa shape index (κ2) is 5.35. The summed E-state index contributed by atoms with van der Waals surface area (Å²) in [4.78, 5) is 13.2. The largest absolute Gasteiger partial charge is 0.457 e. The zero-order valence-corrected chi connectivity index (χ0v) is 16.1. The first-order valence-electron chi connectivity index (χ1n) is 9.33. The van der Waals surface area contributed by atoms with Crippen molar-refractivity contribution in [1.82, 2.24) is 0 Å². The summed E-state index contributed by atoms with van der Waals surface area (Å²) in [5.41, 5.74) is 0.558. The number of alkyl halides is 1. The minimum absolute atomic E-state index is 0.0154. The Kier molecular flexibility index (Phi) is 3.41. The number of ether oxygens (including phenoxy) is 1. The highest BCUT2D eigenvalue weighted by molar-refractivity contribution is 9.10. The molecule has 132 valence electrons. The van der Waals surface area contributed by atoms with Crippen LogP contribution in [0.15, 0.2) is 34.7 Å². The molecule has 1 aromatic carbocycles. The highest BCUT2D eigenvalue weighted by Gasteiger charge is 2.60. The summed E-state index contributed by atoms with van der Waals surface area (Å²) in [6, 6.07) is 9.89. The van der Waals surface area contributed by atoms with Crippen molar-refractivity contribution in [3.05, 3.63) is 36.1 Å². The molecule has 4 bridgehead atoms. The number of halogens is 1. The Labute approximate surface area is 156 Å². The molecule has 4 fully saturated rings. The molecule has 1 aromatic heterocycles. The van der Waals surface area contributed by atoms with Gasteiger partial charge in [0.05, 0.1) is 5.41 Å². The fourth-order valence-electron chi connectivity index (χ4n) is 5.94. The van der Waals surface area contributed by atoms with Crippen molar-refractivity contribution in [3.63, 3.8) is 0 Å². The molecule has 0 amide bonds. The van der Waals surface area contributed by atoms with Crippen molar-refractivity contribution in [2.24, 2.45) is 17.3 Å². The van der Waals surface area contributed by atoms with E-state index in [4.69, 9.17) is 9.15 Å². The van der Waals surface area contributed by atoms with Crippen LogP contribution in [0, 0.1) is 17.3 Å². The zero-order valence-electron chi connectivity index (χ0n) is 14.5. The summed E-state index contributed by atoms with van der Waals surface area (Å²) in [6.45, 7) is 1.92. The molecular weight excluding hydrogens is 380 g/mol. The van der Waals surface area contributed by atoms with Gasteiger partial charge in [-0.05, 0) is 69.4 Å². The molecule has 25 heavy (non-hydrogen) atoms. The van der Waals surface area contributed by atoms with Crippen LogP contribution in [0.25, 0.3) is 11.0 Å². The third kappa shape index (κ3) is 2.56. The monoisotopic (exact) mass is 402 g/mol. The van der Waals surface area contributed by atoms with Gasteiger partial charge in [0.1, 0.15) is 11.3 Å². The number of para-hydroxylation sites is 1. The van der Waals surface area contributed by atoms with E-state index in [1.807, 2.05) is 37.3 Å². The Balaban J connectivity index is 1.38. The van der Waals surface area contributed by atoms with Crippen LogP contribution in [-0.2, 0) is 9.53 Å². The number of esters is 1. The molecule has 0 unspecified atom stereocenters. The van der Waals surface area contributed by atoms with Crippen molar-refractivity contribution >= 4 is 32.9 Å². The molecule has 0 aliphatic heterocycles. The van der Waals surface area contributed by atoms with Crippen LogP contribution in [0.4, 0.5) is 0 Å². The van der Waals surface area contributed by atoms with Gasteiger partial charge in [0, 0.05) is 9.71 Å². The van der Waals surface area contributed by atoms with E-state index in [2.05, 4.69) is 15.9 Å². The quantitative estimate of drug-likeness (QED) is 0.482. The SMILES string of the molecule is C[C@@H](OC(=O)C12C[C@H]3C[C@@H](CC(Br)(C3)C1)C2)c1cc2ccccc2o1. The van der Waals surface area contributed by atoms with Crippen LogP contribution in [0.5, 0.6) is 0 Å². The van der Waals surface area contributed by atoms with Gasteiger partial charge in [-0.3, -0.25) is 4.79 Å². The maximum atomic E-state index is 13.2. The third-order valence-corrected chi connectivity index (χ3v) is 7.48. The second-order valence-corrected chi connectivity index (χ2v) is 10.3. The number of furan rings is 1. The molecule has 4 heteroatoms. The second-order valence-electron chi connectivity index (χ2n) is 8.63. The van der Waals surface area contributed by atoms with Crippen LogP contribution in [0.1, 0.15) is 57.3 Å². The van der Waals surface area contributed by atoms with E-state index in [-0.39, 0.29) is 21.8 Å². The maximum Gasteiger partial charge on any atom is 0.312 e. The molecule has 3 nitrogen and oxygen atoms in total. The molecular formula is C21H23BrO3. The first-order valence-corrected chi connectivity index (χ1v) is 10.1. The fraction of sp³-hybridized carbons (Fsp3) is 0.571. The number of carbonyl (C=O) groups excluding carboxylic acids is 1. The average Bonchev–Trinajstić information content (AvgIpc) is 2.96. The average molecular weight is 403 g/mol. The molecule has 4 aliphatic rings. The lowest BCUT2D eigenvalue weighted by molar-refractivity contribution is -0.175. The van der Waals surface area contributed by atoms with Crippen LogP contribution in [0.2, 0.25) is 0 Å². The van der Waals surface area contributed by atoms with Gasteiger partial charge in [0.25, 0.3) is 0 Å². The molecule has 4 aliphatic carbocycles. The lowest BCUT2D eigenvalue weighted by Gasteiger charge is -2.58. The van der Waals surface area contributed by atoms with Crippen LogP contribution < -0.4 is 0 Å². The van der Waals surface area contributed by atoms with E-state index in [1.54, 1.807) is 0 Å². The Morgan fingerprint density at radius 1 is 1.24 bits per heavy atom. The molecule has 2 aromatic rings. The first kappa shape index (κ1) is 15.9. The minimum atomic E-state index is -0.348. The van der Waals surface area contributed by atoms with E-state index in [0.29, 0.717) is 11.8 Å². The smallest absolute Gasteiger partial charge is 0.312 e. The standard InChI is InChI=1S/C21H23BrO3/c1-13(18-7-16-4-2-3-5-17(16)25-18)24-19(23)20-8-14-6-15(9-20)11-21(22,10-14)12-20/h2-5,7,13-15H,6,8-12H2,1H3/t13-,14-,15-,20?,21?/m1/s1. The Morgan fingerprint density at radius 2 is 1.96 bits per heavy atom. The number of benzene rings is 1. The predicted octanol–water partition coefficient (Wildman–Crippen LogP) is 5.77. The summed E-state index contributed by atoms with van der Waals surface area (Å²) >= 11 is 3.97. The third-order valence-electron chi connectivity index (χ3n) is 6.55. The Morgan fingerprint density at radius 3 is 2.64 bits per heavy atom. The lowest BCUT2D eigenvalue weighted by Crippen LogP contribution is -2.56. The molecule has 1 heterocycles. The number of carbonyl (C=O) groups is 1. The van der Waals surface area contributed by atoms with Crippen LogP contribution in [0.3, 0.4) is 0 Å². The molecule has 0 radical (unpaired) electrons. The molecule has 0 saturated heterocycles. The van der Waals surface area contributed by atoms with Gasteiger partial charge in [-0.1, -0.05) is 34.1 Å². The molecule has 4 saturated carbocycles. The van der Waals surface area contributed by atoms with E-state index in [9.17, 15) is 4.79 Å². The first-order chi connectivity index (χ1) is 11.9. The fourth-order valence-corrected chi connectivity index (χ4v) is 7.39. The molecule has 3 atom stereocenters. The Hall–Kier alpha value is -1.29. The predicted molar refractivity (Wildman–Crippen MR) is 99.5 cm³/mol. The van der Waals surface area contributed by atoms with Crippen molar-refractivity contribution in [3.8, 4) is 0 Å². The number of fused-ring (bicyclic) bond motifs is 1. The maximum absolute atomic E-state index is 13.2. The Bertz CT molecular complexity index is 792. The van der Waals surface area contributed by atoms with Crippen LogP contribution >= 0.6 is 15.9 Å². The van der Waals surface area contributed by atoms with Crippen LogP contribution in [-0.4, -0.2) is 10.3 Å². The van der Waals surface area contributed by atoms with Gasteiger partial charge in [-0.2, -0.15) is 0 Å². The summed E-state index contributed by atoms with van der Waals surface area (Å²) < 4.78 is 12.0. The number of rotatable bonds is 3. The number of hydrogen-bond donors (Lipinski definition) is 0. The van der Waals surface area contributed by atoms with Gasteiger partial charge in [0.15, 0.2) is 6.10 Å². The van der Waals surface area contributed by atoms with Crippen molar-refractivity contribution < 1.29 is 13.9 Å². The minimum Gasteiger partial charge on any atom is -0.457 e. The normalized spacial score (nSPS) is 37.4. The van der Waals surface area contributed by atoms with Gasteiger partial charge in [-0.15, -0.1) is 0 Å². The van der Waals surface area contributed by atoms with Crippen molar-refractivity contribution in [1.29, 1.82) is 0 Å². The summed E-state index contributed by atoms with van der Waals surface area (Å²) in [7, 11) is 0. The number of hydrogen-bond acceptors (Lipinski definition) is 3. The van der Waals surface area contributed by atoms with E-state index < -0.39 is 0 Å². The highest BCUT2D eigenvalue weighted by atomic mass is 79.9. The lowest BCUT2D eigenvalue weighted by atomic mass is 9.49. The summed E-state index contributed by atoms with van der Waals surface area (Å²) in [5.74, 6) is 2.07. The molecule has 6 rings (SSSR count). The summed E-state index contributed by atoms with van der Waals surface area (Å²) in [6.07, 6.45) is 6.32. The highest BCUT2D eigenvalue weighted by Crippen LogP contribution is 2.64. The van der Waals surface area contributed by atoms with Gasteiger partial charge < -0.3 is 9.15 Å². The van der Waals surface area contributed by atoms with E-state index in [0.717, 1.165) is 36.0 Å². The van der Waals surface area contributed by atoms with Crippen molar-refractivity contribution in [2.45, 2.75) is 55.9 Å². The van der Waals surface area contributed by atoms with Crippen molar-refractivity contribution in [2.75, 3.05) is 0 Å². The van der Waals surface area contributed by atoms with Gasteiger partial charge >= 0.3 is 5.97 Å². The topological polar surface area (TPSA) is 39.4 Å². The molecule has 0 N–H and O–H groups in total. The van der Waals surface area contributed by atoms with E-state index in [1.165, 1.54) is 19.3 Å². The summed E-state index contributed by atoms with van der Waals surface area (Å²) in [5, 5.41) is 1.05. The molecule has 0 spiro atoms. The zero-order chi connectivity index (χ0) is 17.2. The van der Waals surface area contributed by atoms with Gasteiger partial charge in [-0.25, -0.2) is 0 Å².